The van der Waals surface area contributed by atoms with Crippen LogP contribution in [0.3, 0.4) is 0 Å². The molecule has 1 fully saturated rings. The molecule has 1 aliphatic heterocycles. The Kier molecular flexibility index (Phi) is 7.06. The number of carbonyl (C=O) groups is 2. The van der Waals surface area contributed by atoms with Crippen molar-refractivity contribution in [1.82, 2.24) is 20.1 Å². The fraction of sp³-hybridized carbons (Fsp3) is 0.235. The summed E-state index contributed by atoms with van der Waals surface area (Å²) >= 11 is 6.03. The van der Waals surface area contributed by atoms with Crippen LogP contribution in [-0.4, -0.2) is 44.8 Å². The maximum atomic E-state index is 15.3. The lowest BCUT2D eigenvalue weighted by atomic mass is 9.80. The summed E-state index contributed by atoms with van der Waals surface area (Å²) in [6.45, 7) is 1.03. The average molecular weight is 644 g/mol. The molecule has 0 bridgehead atoms. The van der Waals surface area contributed by atoms with Crippen molar-refractivity contribution in [3.05, 3.63) is 112 Å². The molecule has 234 valence electrons. The van der Waals surface area contributed by atoms with Crippen LogP contribution in [0.4, 0.5) is 8.78 Å². The predicted octanol–water partition coefficient (Wildman–Crippen LogP) is 5.17. The Balaban J connectivity index is 1.33. The molecule has 3 aromatic carbocycles. The highest BCUT2D eigenvalue weighted by molar-refractivity contribution is 6.31. The van der Waals surface area contributed by atoms with E-state index in [4.69, 9.17) is 22.1 Å². The van der Waals surface area contributed by atoms with Gasteiger partial charge in [0, 0.05) is 34.3 Å². The molecule has 3 heterocycles. The van der Waals surface area contributed by atoms with E-state index in [9.17, 15) is 19.1 Å². The summed E-state index contributed by atoms with van der Waals surface area (Å²) in [5.41, 5.74) is 3.80. The van der Waals surface area contributed by atoms with Crippen molar-refractivity contribution in [3.63, 3.8) is 0 Å². The van der Waals surface area contributed by atoms with Gasteiger partial charge in [0.25, 0.3) is 5.91 Å². The molecule has 4 N–H and O–H groups in total. The summed E-state index contributed by atoms with van der Waals surface area (Å²) in [6, 6.07) is 17.2. The zero-order valence-corrected chi connectivity index (χ0v) is 25.3. The summed E-state index contributed by atoms with van der Waals surface area (Å²) in [6.07, 6.45) is 4.06. The summed E-state index contributed by atoms with van der Waals surface area (Å²) in [7, 11) is 0. The Morgan fingerprint density at radius 1 is 1.13 bits per heavy atom. The molecule has 2 atom stereocenters. The normalized spacial score (nSPS) is 18.5. The van der Waals surface area contributed by atoms with Crippen LogP contribution in [0.15, 0.2) is 72.9 Å². The number of aromatic nitrogens is 3. The van der Waals surface area contributed by atoms with Gasteiger partial charge in [-0.25, -0.2) is 13.8 Å². The molecule has 0 unspecified atom stereocenters. The molecule has 46 heavy (non-hydrogen) atoms. The molecule has 9 nitrogen and oxygen atoms in total. The van der Waals surface area contributed by atoms with Gasteiger partial charge in [0.2, 0.25) is 5.91 Å². The van der Waals surface area contributed by atoms with Crippen LogP contribution in [0.1, 0.15) is 53.0 Å². The fourth-order valence-corrected chi connectivity index (χ4v) is 5.93. The van der Waals surface area contributed by atoms with Gasteiger partial charge >= 0.3 is 0 Å². The number of pyridine rings is 1. The number of amides is 2. The van der Waals surface area contributed by atoms with E-state index in [0.717, 1.165) is 29.8 Å². The Hall–Kier alpha value is -4.87. The third-order valence-electron chi connectivity index (χ3n) is 8.77. The van der Waals surface area contributed by atoms with Gasteiger partial charge in [0.1, 0.15) is 40.7 Å². The third kappa shape index (κ3) is 4.96. The number of nitrogens with zero attached hydrogens (tertiary/aromatic N) is 3. The van der Waals surface area contributed by atoms with E-state index >= 15 is 4.39 Å². The smallest absolute Gasteiger partial charge is 0.251 e. The molecule has 0 spiro atoms. The SMILES string of the molecule is C[C@]1(C(N)=O)COc2c1cc([C@@](O)(CNC(=O)c1ccc3nn(C4CC4)cc3c1)c1ccccc1)nc2-c1cc(Cl)c(F)cc1F. The number of fused-ring (bicyclic) bond motifs is 2. The van der Waals surface area contributed by atoms with Gasteiger partial charge < -0.3 is 20.9 Å². The molecule has 7 rings (SSSR count). The first kappa shape index (κ1) is 29.8. The van der Waals surface area contributed by atoms with Crippen LogP contribution < -0.4 is 15.8 Å². The van der Waals surface area contributed by atoms with Crippen LogP contribution in [0.25, 0.3) is 22.2 Å². The van der Waals surface area contributed by atoms with Gasteiger partial charge in [-0.05, 0) is 55.7 Å². The van der Waals surface area contributed by atoms with Crippen molar-refractivity contribution < 1.29 is 28.2 Å². The first-order valence-electron chi connectivity index (χ1n) is 14.7. The van der Waals surface area contributed by atoms with E-state index in [1.807, 2.05) is 10.9 Å². The minimum absolute atomic E-state index is 0.0354. The van der Waals surface area contributed by atoms with E-state index < -0.39 is 34.5 Å². The Morgan fingerprint density at radius 3 is 2.61 bits per heavy atom. The Morgan fingerprint density at radius 2 is 1.89 bits per heavy atom. The number of nitrogens with one attached hydrogen (secondary N) is 1. The number of halogens is 3. The van der Waals surface area contributed by atoms with Crippen molar-refractivity contribution in [2.75, 3.05) is 13.2 Å². The molecule has 2 aliphatic rings. The van der Waals surface area contributed by atoms with Crippen LogP contribution >= 0.6 is 11.6 Å². The van der Waals surface area contributed by atoms with Gasteiger partial charge in [-0.3, -0.25) is 14.3 Å². The average Bonchev–Trinajstić information content (AvgIpc) is 3.72. The molecule has 0 radical (unpaired) electrons. The maximum Gasteiger partial charge on any atom is 0.251 e. The standard InChI is InChI=1S/C34H28ClF2N5O4/c1-33(32(38)44)17-46-30-23(33)13-28(40-29(30)22-12-24(35)26(37)14-25(22)36)34(45,20-5-3-2-4-6-20)16-39-31(43)18-7-10-27-19(11-18)15-42(41-27)21-8-9-21/h2-7,10-15,21,45H,8-9,16-17H2,1H3,(H2,38,44)(H,39,43)/t33-,34+/m0/s1. The lowest BCUT2D eigenvalue weighted by Crippen LogP contribution is -2.43. The third-order valence-corrected chi connectivity index (χ3v) is 9.06. The Labute approximate surface area is 267 Å². The fourth-order valence-electron chi connectivity index (χ4n) is 5.76. The van der Waals surface area contributed by atoms with E-state index in [-0.39, 0.29) is 46.4 Å². The lowest BCUT2D eigenvalue weighted by molar-refractivity contribution is -0.123. The van der Waals surface area contributed by atoms with Crippen LogP contribution in [0, 0.1) is 11.6 Å². The molecular weight excluding hydrogens is 616 g/mol. The van der Waals surface area contributed by atoms with Gasteiger partial charge in [-0.2, -0.15) is 5.10 Å². The summed E-state index contributed by atoms with van der Waals surface area (Å²) in [5.74, 6) is -3.09. The summed E-state index contributed by atoms with van der Waals surface area (Å²) in [5, 5.41) is 20.3. The number of ether oxygens (including phenoxy) is 1. The van der Waals surface area contributed by atoms with E-state index in [1.165, 1.54) is 6.07 Å². The highest BCUT2D eigenvalue weighted by atomic mass is 35.5. The van der Waals surface area contributed by atoms with Crippen LogP contribution in [-0.2, 0) is 15.8 Å². The van der Waals surface area contributed by atoms with Gasteiger partial charge in [-0.1, -0.05) is 41.9 Å². The quantitative estimate of drug-likeness (QED) is 0.200. The van der Waals surface area contributed by atoms with Crippen molar-refractivity contribution in [3.8, 4) is 17.0 Å². The number of hydrogen-bond acceptors (Lipinski definition) is 6. The van der Waals surface area contributed by atoms with E-state index in [1.54, 1.807) is 55.5 Å². The number of nitrogens with two attached hydrogens (primary N) is 1. The van der Waals surface area contributed by atoms with Gasteiger partial charge in [0.15, 0.2) is 0 Å². The van der Waals surface area contributed by atoms with Crippen LogP contribution in [0.5, 0.6) is 5.75 Å². The highest BCUT2D eigenvalue weighted by Crippen LogP contribution is 2.47. The van der Waals surface area contributed by atoms with Crippen molar-refractivity contribution in [1.29, 1.82) is 0 Å². The maximum absolute atomic E-state index is 15.3. The number of benzene rings is 3. The monoisotopic (exact) mass is 643 g/mol. The molecule has 1 saturated carbocycles. The van der Waals surface area contributed by atoms with E-state index in [2.05, 4.69) is 15.4 Å². The van der Waals surface area contributed by atoms with Gasteiger partial charge in [0.05, 0.1) is 28.8 Å². The number of carbonyl (C=O) groups excluding carboxylic acids is 2. The number of primary amides is 1. The van der Waals surface area contributed by atoms with Gasteiger partial charge in [-0.15, -0.1) is 0 Å². The minimum atomic E-state index is -2.00. The molecule has 2 aromatic heterocycles. The highest BCUT2D eigenvalue weighted by Gasteiger charge is 2.46. The number of aliphatic hydroxyl groups is 1. The summed E-state index contributed by atoms with van der Waals surface area (Å²) < 4.78 is 37.2. The lowest BCUT2D eigenvalue weighted by Gasteiger charge is -2.30. The Bertz CT molecular complexity index is 2050. The number of rotatable bonds is 8. The first-order chi connectivity index (χ1) is 22.0. The van der Waals surface area contributed by atoms with Crippen molar-refractivity contribution in [2.45, 2.75) is 36.8 Å². The zero-order valence-electron chi connectivity index (χ0n) is 24.6. The molecule has 5 aromatic rings. The topological polar surface area (TPSA) is 132 Å². The van der Waals surface area contributed by atoms with Crippen LogP contribution in [0.2, 0.25) is 5.02 Å². The second-order valence-electron chi connectivity index (χ2n) is 12.0. The van der Waals surface area contributed by atoms with Crippen molar-refractivity contribution >= 4 is 34.3 Å². The van der Waals surface area contributed by atoms with Crippen molar-refractivity contribution in [2.24, 2.45) is 5.73 Å². The second kappa shape index (κ2) is 10.9. The first-order valence-corrected chi connectivity index (χ1v) is 15.0. The molecule has 12 heteroatoms. The zero-order chi connectivity index (χ0) is 32.4. The molecule has 2 amide bonds. The number of hydrogen-bond donors (Lipinski definition) is 3. The largest absolute Gasteiger partial charge is 0.489 e. The minimum Gasteiger partial charge on any atom is -0.489 e. The summed E-state index contributed by atoms with van der Waals surface area (Å²) in [4.78, 5) is 30.8. The molecule has 0 saturated heterocycles. The predicted molar refractivity (Wildman–Crippen MR) is 166 cm³/mol. The molecule has 1 aliphatic carbocycles. The molecular formula is C34H28ClF2N5O4. The van der Waals surface area contributed by atoms with E-state index in [0.29, 0.717) is 23.2 Å². The second-order valence-corrected chi connectivity index (χ2v) is 12.4.